The lowest BCUT2D eigenvalue weighted by Crippen LogP contribution is -1.99. The molecule has 0 atom stereocenters. The van der Waals surface area contributed by atoms with Crippen LogP contribution in [0.5, 0.6) is 0 Å². The molecule has 1 aromatic heterocycles. The van der Waals surface area contributed by atoms with Gasteiger partial charge in [-0.3, -0.25) is 4.57 Å². The van der Waals surface area contributed by atoms with Crippen LogP contribution < -0.4 is 0 Å². The first-order chi connectivity index (χ1) is 13.8. The van der Waals surface area contributed by atoms with Crippen LogP contribution >= 0.6 is 23.2 Å². The first kappa shape index (κ1) is 19.7. The normalized spacial score (nSPS) is 11.6. The van der Waals surface area contributed by atoms with Crippen LogP contribution in [0.4, 0.5) is 0 Å². The van der Waals surface area contributed by atoms with Gasteiger partial charge in [0.25, 0.3) is 0 Å². The van der Waals surface area contributed by atoms with Gasteiger partial charge in [0.1, 0.15) is 5.82 Å². The fourth-order valence-corrected chi connectivity index (χ4v) is 3.88. The lowest BCUT2D eigenvalue weighted by atomic mass is 10.2. The highest BCUT2D eigenvalue weighted by molar-refractivity contribution is 7.90. The molecule has 0 amide bonds. The Morgan fingerprint density at radius 3 is 1.79 bits per heavy atom. The summed E-state index contributed by atoms with van der Waals surface area (Å²) < 4.78 is 25.5. The number of hydrogen-bond donors (Lipinski definition) is 0. The predicted octanol–water partition coefficient (Wildman–Crippen LogP) is 5.92. The third-order valence-corrected chi connectivity index (χ3v) is 6.12. The van der Waals surface area contributed by atoms with Gasteiger partial charge in [-0.2, -0.15) is 0 Å². The minimum atomic E-state index is -3.26. The number of sulfone groups is 1. The monoisotopic (exact) mass is 442 g/mol. The second-order valence-electron chi connectivity index (χ2n) is 6.60. The molecule has 0 radical (unpaired) electrons. The second-order valence-corrected chi connectivity index (χ2v) is 9.49. The highest BCUT2D eigenvalue weighted by atomic mass is 35.5. The van der Waals surface area contributed by atoms with E-state index in [9.17, 15) is 8.42 Å². The van der Waals surface area contributed by atoms with Crippen LogP contribution in [0, 0.1) is 0 Å². The highest BCUT2D eigenvalue weighted by Crippen LogP contribution is 2.29. The molecule has 0 saturated carbocycles. The van der Waals surface area contributed by atoms with E-state index < -0.39 is 9.84 Å². The molecular formula is C22H16Cl2N2O2S. The molecule has 0 fully saturated rings. The smallest absolute Gasteiger partial charge is 0.175 e. The molecule has 4 aromatic rings. The van der Waals surface area contributed by atoms with Crippen LogP contribution in [0.3, 0.4) is 0 Å². The molecule has 3 aromatic carbocycles. The van der Waals surface area contributed by atoms with Crippen molar-refractivity contribution in [2.45, 2.75) is 4.90 Å². The molecule has 0 N–H and O–H groups in total. The number of rotatable bonds is 4. The van der Waals surface area contributed by atoms with Crippen LogP contribution in [-0.2, 0) is 9.84 Å². The molecule has 0 unspecified atom stereocenters. The van der Waals surface area contributed by atoms with Crippen LogP contribution in [0.15, 0.2) is 83.9 Å². The number of imidazole rings is 1. The molecule has 146 valence electrons. The van der Waals surface area contributed by atoms with Crippen LogP contribution in [0.2, 0.25) is 10.0 Å². The largest absolute Gasteiger partial charge is 0.299 e. The van der Waals surface area contributed by atoms with Gasteiger partial charge in [0.05, 0.1) is 10.6 Å². The Hall–Kier alpha value is -2.60. The fourth-order valence-electron chi connectivity index (χ4n) is 2.99. The first-order valence-electron chi connectivity index (χ1n) is 8.73. The molecule has 0 aliphatic rings. The number of halogens is 2. The second kappa shape index (κ2) is 7.67. The van der Waals surface area contributed by atoms with E-state index in [1.54, 1.807) is 24.3 Å². The summed E-state index contributed by atoms with van der Waals surface area (Å²) in [7, 11) is -3.26. The van der Waals surface area contributed by atoms with Crippen molar-refractivity contribution in [1.82, 2.24) is 9.55 Å². The Morgan fingerprint density at radius 1 is 0.759 bits per heavy atom. The maximum absolute atomic E-state index is 11.8. The Kier molecular flexibility index (Phi) is 5.21. The van der Waals surface area contributed by atoms with E-state index >= 15 is 0 Å². The molecule has 29 heavy (non-hydrogen) atoms. The quantitative estimate of drug-likeness (QED) is 0.394. The molecule has 4 rings (SSSR count). The van der Waals surface area contributed by atoms with Gasteiger partial charge in [0, 0.05) is 39.3 Å². The summed E-state index contributed by atoms with van der Waals surface area (Å²) in [4.78, 5) is 5.09. The van der Waals surface area contributed by atoms with Crippen molar-refractivity contribution in [3.8, 4) is 28.3 Å². The Balaban J connectivity index is 1.86. The van der Waals surface area contributed by atoms with Gasteiger partial charge >= 0.3 is 0 Å². The van der Waals surface area contributed by atoms with E-state index in [4.69, 9.17) is 28.2 Å². The summed E-state index contributed by atoms with van der Waals surface area (Å²) in [6.07, 6.45) is 3.11. The van der Waals surface area contributed by atoms with Gasteiger partial charge in [-0.1, -0.05) is 35.3 Å². The minimum Gasteiger partial charge on any atom is -0.299 e. The van der Waals surface area contributed by atoms with E-state index in [2.05, 4.69) is 0 Å². The maximum atomic E-state index is 11.8. The highest BCUT2D eigenvalue weighted by Gasteiger charge is 2.14. The summed E-state index contributed by atoms with van der Waals surface area (Å²) in [5.41, 5.74) is 3.40. The van der Waals surface area contributed by atoms with Gasteiger partial charge in [-0.15, -0.1) is 0 Å². The van der Waals surface area contributed by atoms with Crippen molar-refractivity contribution in [2.75, 3.05) is 6.26 Å². The van der Waals surface area contributed by atoms with Crippen LogP contribution in [0.25, 0.3) is 28.3 Å². The van der Waals surface area contributed by atoms with Crippen LogP contribution in [0.1, 0.15) is 0 Å². The number of hydrogen-bond acceptors (Lipinski definition) is 3. The van der Waals surface area contributed by atoms with E-state index in [-0.39, 0.29) is 4.90 Å². The van der Waals surface area contributed by atoms with E-state index in [0.29, 0.717) is 10.0 Å². The molecule has 0 bridgehead atoms. The Bertz CT molecular complexity index is 1260. The van der Waals surface area contributed by atoms with Crippen molar-refractivity contribution >= 4 is 33.0 Å². The lowest BCUT2D eigenvalue weighted by Gasteiger charge is -2.09. The van der Waals surface area contributed by atoms with Crippen LogP contribution in [-0.4, -0.2) is 24.2 Å². The standard InChI is InChI=1S/C22H16Cl2N2O2S/c1-29(27,28)20-12-10-19(11-13-20)26-14-21(15-2-6-17(23)7-3-15)25-22(26)16-4-8-18(24)9-5-16/h2-14H,1H3. The summed E-state index contributed by atoms with van der Waals surface area (Å²) in [5, 5.41) is 1.30. The van der Waals surface area contributed by atoms with Crippen molar-refractivity contribution in [3.63, 3.8) is 0 Å². The summed E-state index contributed by atoms with van der Waals surface area (Å²) in [5.74, 6) is 0.721. The molecule has 0 aliphatic heterocycles. The number of nitrogens with zero attached hydrogens (tertiary/aromatic N) is 2. The predicted molar refractivity (Wildman–Crippen MR) is 118 cm³/mol. The van der Waals surface area contributed by atoms with Gasteiger partial charge in [0.2, 0.25) is 0 Å². The van der Waals surface area contributed by atoms with Gasteiger partial charge in [0.15, 0.2) is 9.84 Å². The fraction of sp³-hybridized carbons (Fsp3) is 0.0455. The summed E-state index contributed by atoms with van der Waals surface area (Å²) >= 11 is 12.0. The van der Waals surface area contributed by atoms with E-state index in [1.807, 2.05) is 59.3 Å². The maximum Gasteiger partial charge on any atom is 0.175 e. The average Bonchev–Trinajstić information content (AvgIpc) is 3.14. The molecule has 7 heteroatoms. The Labute approximate surface area is 179 Å². The Morgan fingerprint density at radius 2 is 1.28 bits per heavy atom. The zero-order chi connectivity index (χ0) is 20.6. The molecule has 0 spiro atoms. The van der Waals surface area contributed by atoms with Gasteiger partial charge in [-0.25, -0.2) is 13.4 Å². The van der Waals surface area contributed by atoms with Crippen molar-refractivity contribution in [3.05, 3.63) is 89.0 Å². The molecule has 1 heterocycles. The third kappa shape index (κ3) is 4.22. The topological polar surface area (TPSA) is 52.0 Å². The SMILES string of the molecule is CS(=O)(=O)c1ccc(-n2cc(-c3ccc(Cl)cc3)nc2-c2ccc(Cl)cc2)cc1. The zero-order valence-electron chi connectivity index (χ0n) is 15.4. The molecule has 0 aliphatic carbocycles. The summed E-state index contributed by atoms with van der Waals surface area (Å²) in [6.45, 7) is 0. The molecule has 4 nitrogen and oxygen atoms in total. The van der Waals surface area contributed by atoms with E-state index in [0.717, 1.165) is 28.3 Å². The lowest BCUT2D eigenvalue weighted by molar-refractivity contribution is 0.602. The van der Waals surface area contributed by atoms with Crippen molar-refractivity contribution < 1.29 is 8.42 Å². The molecule has 0 saturated heterocycles. The van der Waals surface area contributed by atoms with Gasteiger partial charge in [-0.05, 0) is 60.7 Å². The van der Waals surface area contributed by atoms with Crippen molar-refractivity contribution in [1.29, 1.82) is 0 Å². The van der Waals surface area contributed by atoms with Crippen molar-refractivity contribution in [2.24, 2.45) is 0 Å². The number of benzene rings is 3. The third-order valence-electron chi connectivity index (χ3n) is 4.49. The first-order valence-corrected chi connectivity index (χ1v) is 11.4. The average molecular weight is 443 g/mol. The van der Waals surface area contributed by atoms with Gasteiger partial charge < -0.3 is 0 Å². The zero-order valence-corrected chi connectivity index (χ0v) is 17.7. The van der Waals surface area contributed by atoms with E-state index in [1.165, 1.54) is 6.26 Å². The minimum absolute atomic E-state index is 0.271. The number of aromatic nitrogens is 2. The summed E-state index contributed by atoms with van der Waals surface area (Å²) in [6, 6.07) is 21.6. The molecular weight excluding hydrogens is 427 g/mol.